The molecule has 2 heterocycles. The van der Waals surface area contributed by atoms with Gasteiger partial charge < -0.3 is 14.2 Å². The van der Waals surface area contributed by atoms with E-state index < -0.39 is 23.5 Å². The molecule has 0 aromatic heterocycles. The van der Waals surface area contributed by atoms with Crippen molar-refractivity contribution in [2.45, 2.75) is 32.0 Å². The molecular formula is C18H22O5. The van der Waals surface area contributed by atoms with Crippen molar-refractivity contribution in [3.05, 3.63) is 0 Å². The Hall–Kier alpha value is -1.10. The van der Waals surface area contributed by atoms with E-state index in [9.17, 15) is 9.59 Å². The SMILES string of the molecule is CCOC(=O)C(C(=O)OCC)C12OC3C4C5C(C41)[C@@H]1C[C@H]5C3C12. The molecule has 0 N–H and O–H groups in total. The van der Waals surface area contributed by atoms with Crippen LogP contribution in [0.5, 0.6) is 0 Å². The van der Waals surface area contributed by atoms with Crippen LogP contribution >= 0.6 is 0 Å². The third-order valence-corrected chi connectivity index (χ3v) is 8.26. The van der Waals surface area contributed by atoms with Gasteiger partial charge in [0.2, 0.25) is 0 Å². The van der Waals surface area contributed by atoms with E-state index in [1.54, 1.807) is 13.8 Å². The summed E-state index contributed by atoms with van der Waals surface area (Å²) in [6.07, 6.45) is 1.60. The summed E-state index contributed by atoms with van der Waals surface area (Å²) in [5.41, 5.74) is -0.602. The molecule has 0 aromatic rings. The molecule has 0 radical (unpaired) electrons. The Balaban J connectivity index is 1.46. The van der Waals surface area contributed by atoms with Crippen molar-refractivity contribution < 1.29 is 23.8 Å². The molecule has 0 amide bonds. The van der Waals surface area contributed by atoms with Gasteiger partial charge in [-0.3, -0.25) is 9.59 Å². The van der Waals surface area contributed by atoms with E-state index in [2.05, 4.69) is 0 Å². The van der Waals surface area contributed by atoms with Crippen molar-refractivity contribution in [2.75, 3.05) is 13.2 Å². The molecule has 5 aliphatic carbocycles. The smallest absolute Gasteiger partial charge is 0.323 e. The molecule has 5 nitrogen and oxygen atoms in total. The summed E-state index contributed by atoms with van der Waals surface area (Å²) in [6.45, 7) is 4.14. The zero-order valence-electron chi connectivity index (χ0n) is 13.4. The van der Waals surface area contributed by atoms with Crippen molar-refractivity contribution in [3.8, 4) is 0 Å². The lowest BCUT2D eigenvalue weighted by Gasteiger charge is -2.46. The third-order valence-electron chi connectivity index (χ3n) is 8.26. The van der Waals surface area contributed by atoms with Crippen LogP contribution in [0, 0.1) is 53.3 Å². The van der Waals surface area contributed by atoms with Crippen LogP contribution in [0.2, 0.25) is 0 Å². The minimum Gasteiger partial charge on any atom is -0.465 e. The molecule has 0 spiro atoms. The van der Waals surface area contributed by atoms with Crippen molar-refractivity contribution in [1.82, 2.24) is 0 Å². The second kappa shape index (κ2) is 3.76. The van der Waals surface area contributed by atoms with E-state index in [-0.39, 0.29) is 13.2 Å². The fraction of sp³-hybridized carbons (Fsp3) is 0.889. The van der Waals surface area contributed by atoms with E-state index >= 15 is 0 Å². The summed E-state index contributed by atoms with van der Waals surface area (Å²) in [5.74, 6) is 3.25. The zero-order chi connectivity index (χ0) is 15.7. The summed E-state index contributed by atoms with van der Waals surface area (Å²) < 4.78 is 17.1. The quantitative estimate of drug-likeness (QED) is 0.564. The first kappa shape index (κ1) is 13.2. The lowest BCUT2D eigenvalue weighted by Crippen LogP contribution is -2.57. The largest absolute Gasteiger partial charge is 0.465 e. The van der Waals surface area contributed by atoms with E-state index in [0.717, 1.165) is 11.8 Å². The molecule has 124 valence electrons. The second-order valence-corrected chi connectivity index (χ2v) is 8.30. The highest BCUT2D eigenvalue weighted by Gasteiger charge is 2.94. The van der Waals surface area contributed by atoms with Crippen molar-refractivity contribution in [3.63, 3.8) is 0 Å². The number of ether oxygens (including phenoxy) is 3. The van der Waals surface area contributed by atoms with Gasteiger partial charge in [-0.1, -0.05) is 0 Å². The van der Waals surface area contributed by atoms with Gasteiger partial charge >= 0.3 is 11.9 Å². The van der Waals surface area contributed by atoms with Crippen LogP contribution in [-0.2, 0) is 23.8 Å². The Bertz CT molecular complexity index is 603. The first-order valence-electron chi connectivity index (χ1n) is 9.17. The van der Waals surface area contributed by atoms with Crippen molar-refractivity contribution in [2.24, 2.45) is 53.3 Å². The molecule has 10 atom stereocenters. The molecule has 23 heavy (non-hydrogen) atoms. The topological polar surface area (TPSA) is 61.8 Å². The summed E-state index contributed by atoms with van der Waals surface area (Å²) in [7, 11) is 0. The zero-order valence-corrected chi connectivity index (χ0v) is 13.4. The highest BCUT2D eigenvalue weighted by Crippen LogP contribution is 2.91. The first-order chi connectivity index (χ1) is 11.2. The van der Waals surface area contributed by atoms with Crippen LogP contribution in [-0.4, -0.2) is 36.9 Å². The van der Waals surface area contributed by atoms with Gasteiger partial charge in [0, 0.05) is 0 Å². The predicted molar refractivity (Wildman–Crippen MR) is 76.9 cm³/mol. The van der Waals surface area contributed by atoms with E-state index in [1.165, 1.54) is 6.42 Å². The Morgan fingerprint density at radius 1 is 1.00 bits per heavy atom. The molecule has 4 bridgehead atoms. The number of hydrogen-bond acceptors (Lipinski definition) is 5. The van der Waals surface area contributed by atoms with Crippen LogP contribution in [0.1, 0.15) is 20.3 Å². The Kier molecular flexibility index (Phi) is 2.16. The molecule has 8 unspecified atom stereocenters. The monoisotopic (exact) mass is 318 g/mol. The highest BCUT2D eigenvalue weighted by molar-refractivity contribution is 5.97. The Labute approximate surface area is 135 Å². The van der Waals surface area contributed by atoms with Gasteiger partial charge in [0.15, 0.2) is 5.92 Å². The minimum atomic E-state index is -0.875. The van der Waals surface area contributed by atoms with E-state index in [0.29, 0.717) is 41.6 Å². The first-order valence-corrected chi connectivity index (χ1v) is 9.17. The lowest BCUT2D eigenvalue weighted by molar-refractivity contribution is -0.180. The standard InChI is InChI=1S/C18H22O5/c1-3-21-16(19)14(17(20)22-4-2)18-12-7-5-6-8-9(7)13(18)11(8)15(23-18)10(6)12/h6-15H,3-5H2,1-2H3/t6-,7+,8?,9?,10?,11?,12?,13?,15?,18?/m1/s1. The number of hydrogen-bond donors (Lipinski definition) is 0. The van der Waals surface area contributed by atoms with Gasteiger partial charge in [0.1, 0.15) is 0 Å². The maximum Gasteiger partial charge on any atom is 0.323 e. The normalized spacial score (nSPS) is 57.6. The van der Waals surface area contributed by atoms with Crippen LogP contribution in [0.25, 0.3) is 0 Å². The average molecular weight is 318 g/mol. The van der Waals surface area contributed by atoms with E-state index in [4.69, 9.17) is 14.2 Å². The van der Waals surface area contributed by atoms with Crippen molar-refractivity contribution in [1.29, 1.82) is 0 Å². The van der Waals surface area contributed by atoms with Gasteiger partial charge in [-0.2, -0.15) is 0 Å². The van der Waals surface area contributed by atoms with Crippen LogP contribution in [0.3, 0.4) is 0 Å². The molecular weight excluding hydrogens is 296 g/mol. The maximum atomic E-state index is 12.7. The summed E-state index contributed by atoms with van der Waals surface area (Å²) in [6, 6.07) is 0. The third kappa shape index (κ3) is 1.06. The fourth-order valence-electron chi connectivity index (χ4n) is 8.46. The highest BCUT2D eigenvalue weighted by atomic mass is 16.6. The number of carbonyl (C=O) groups is 2. The molecule has 0 aromatic carbocycles. The van der Waals surface area contributed by atoms with Crippen LogP contribution < -0.4 is 0 Å². The van der Waals surface area contributed by atoms with Gasteiger partial charge in [0.25, 0.3) is 0 Å². The minimum absolute atomic E-state index is 0.286. The molecule has 2 aliphatic heterocycles. The lowest BCUT2D eigenvalue weighted by atomic mass is 9.55. The average Bonchev–Trinajstić information content (AvgIpc) is 3.12. The van der Waals surface area contributed by atoms with E-state index in [1.807, 2.05) is 0 Å². The molecule has 2 saturated heterocycles. The number of esters is 2. The van der Waals surface area contributed by atoms with Gasteiger partial charge in [0.05, 0.1) is 24.9 Å². The molecule has 7 rings (SSSR count). The summed E-state index contributed by atoms with van der Waals surface area (Å²) in [5, 5.41) is 0. The van der Waals surface area contributed by atoms with Crippen molar-refractivity contribution >= 4 is 11.9 Å². The summed E-state index contributed by atoms with van der Waals surface area (Å²) >= 11 is 0. The Morgan fingerprint density at radius 2 is 1.70 bits per heavy atom. The molecule has 5 saturated carbocycles. The summed E-state index contributed by atoms with van der Waals surface area (Å²) in [4.78, 5) is 25.4. The van der Waals surface area contributed by atoms with Crippen LogP contribution in [0.15, 0.2) is 0 Å². The van der Waals surface area contributed by atoms with Gasteiger partial charge in [-0.05, 0) is 67.6 Å². The maximum absolute atomic E-state index is 12.7. The predicted octanol–water partition coefficient (Wildman–Crippen LogP) is 1.25. The van der Waals surface area contributed by atoms with Gasteiger partial charge in [-0.15, -0.1) is 0 Å². The molecule has 7 aliphatic rings. The molecule has 7 fully saturated rings. The van der Waals surface area contributed by atoms with Gasteiger partial charge in [-0.25, -0.2) is 0 Å². The number of carbonyl (C=O) groups excluding carboxylic acids is 2. The molecule has 5 heteroatoms. The second-order valence-electron chi connectivity index (χ2n) is 8.30. The van der Waals surface area contributed by atoms with Crippen LogP contribution in [0.4, 0.5) is 0 Å². The Morgan fingerprint density at radius 3 is 2.35 bits per heavy atom. The number of rotatable bonds is 5. The fourth-order valence-corrected chi connectivity index (χ4v) is 8.46.